The summed E-state index contributed by atoms with van der Waals surface area (Å²) >= 11 is 0. The van der Waals surface area contributed by atoms with Crippen molar-refractivity contribution in [2.24, 2.45) is 0 Å². The Bertz CT molecular complexity index is 689. The monoisotopic (exact) mass is 268 g/mol. The van der Waals surface area contributed by atoms with Crippen LogP contribution in [0.15, 0.2) is 42.1 Å². The van der Waals surface area contributed by atoms with Gasteiger partial charge in [0.15, 0.2) is 0 Å². The Morgan fingerprint density at radius 1 is 1.20 bits per heavy atom. The molecule has 2 nitrogen and oxygen atoms in total. The summed E-state index contributed by atoms with van der Waals surface area (Å²) in [6.45, 7) is 5.18. The molecule has 3 heteroatoms. The van der Waals surface area contributed by atoms with Crippen LogP contribution >= 0.6 is 0 Å². The van der Waals surface area contributed by atoms with Gasteiger partial charge in [0.25, 0.3) is 0 Å². The van der Waals surface area contributed by atoms with Gasteiger partial charge >= 0.3 is 0 Å². The van der Waals surface area contributed by atoms with Gasteiger partial charge in [-0.05, 0) is 44.0 Å². The van der Waals surface area contributed by atoms with Gasteiger partial charge in [0.2, 0.25) is 0 Å². The van der Waals surface area contributed by atoms with Crippen LogP contribution in [0, 0.1) is 5.82 Å². The van der Waals surface area contributed by atoms with Gasteiger partial charge in [-0.25, -0.2) is 4.39 Å². The van der Waals surface area contributed by atoms with Crippen molar-refractivity contribution in [3.05, 3.63) is 53.5 Å². The minimum atomic E-state index is -0.234. The van der Waals surface area contributed by atoms with Crippen molar-refractivity contribution in [1.29, 1.82) is 0 Å². The molecule has 3 rings (SSSR count). The Balaban J connectivity index is 2.26. The minimum Gasteiger partial charge on any atom is -0.384 e. The smallest absolute Gasteiger partial charge is 0.123 e. The van der Waals surface area contributed by atoms with E-state index in [-0.39, 0.29) is 5.82 Å². The van der Waals surface area contributed by atoms with Crippen LogP contribution in [0.2, 0.25) is 0 Å². The summed E-state index contributed by atoms with van der Waals surface area (Å²) in [5.74, 6) is -0.234. The minimum absolute atomic E-state index is 0.234. The molecule has 1 aliphatic rings. The number of nitrogens with one attached hydrogen (secondary N) is 1. The third-order valence-corrected chi connectivity index (χ3v) is 3.88. The van der Waals surface area contributed by atoms with Crippen molar-refractivity contribution in [1.82, 2.24) is 4.98 Å². The Hall–Kier alpha value is -2.16. The van der Waals surface area contributed by atoms with E-state index in [1.807, 2.05) is 12.1 Å². The highest BCUT2D eigenvalue weighted by Gasteiger charge is 2.17. The van der Waals surface area contributed by atoms with Gasteiger partial charge < -0.3 is 5.32 Å². The van der Waals surface area contributed by atoms with Gasteiger partial charge in [-0.2, -0.15) is 0 Å². The average molecular weight is 268 g/mol. The van der Waals surface area contributed by atoms with E-state index in [0.29, 0.717) is 0 Å². The molecule has 102 valence electrons. The summed E-state index contributed by atoms with van der Waals surface area (Å²) in [5.41, 5.74) is 6.41. The van der Waals surface area contributed by atoms with Crippen LogP contribution in [0.1, 0.15) is 25.8 Å². The molecule has 0 unspecified atom stereocenters. The van der Waals surface area contributed by atoms with E-state index in [1.165, 1.54) is 23.3 Å². The number of anilines is 1. The first kappa shape index (κ1) is 12.9. The molecule has 1 aromatic heterocycles. The number of hydrogen-bond acceptors (Lipinski definition) is 2. The first-order chi connectivity index (χ1) is 9.66. The molecule has 0 bridgehead atoms. The summed E-state index contributed by atoms with van der Waals surface area (Å²) in [6.07, 6.45) is 2.79. The number of pyridine rings is 1. The van der Waals surface area contributed by atoms with Crippen LogP contribution in [0.4, 0.5) is 10.1 Å². The number of allylic oxidation sites excluding steroid dienone is 1. The van der Waals surface area contributed by atoms with E-state index in [1.54, 1.807) is 12.3 Å². The number of rotatable bonds is 1. The highest BCUT2D eigenvalue weighted by atomic mass is 19.1. The fraction of sp³-hybridized carbons (Fsp3) is 0.235. The maximum Gasteiger partial charge on any atom is 0.123 e. The molecular weight excluding hydrogens is 251 g/mol. The summed E-state index contributed by atoms with van der Waals surface area (Å²) < 4.78 is 13.5. The van der Waals surface area contributed by atoms with Gasteiger partial charge in [-0.3, -0.25) is 4.98 Å². The van der Waals surface area contributed by atoms with Gasteiger partial charge in [-0.15, -0.1) is 0 Å². The van der Waals surface area contributed by atoms with E-state index in [4.69, 9.17) is 0 Å². The molecule has 0 atom stereocenters. The molecule has 0 fully saturated rings. The molecule has 0 spiro atoms. The molecule has 2 aromatic rings. The summed E-state index contributed by atoms with van der Waals surface area (Å²) in [7, 11) is 0. The number of nitrogens with zero attached hydrogens (tertiary/aromatic N) is 1. The summed E-state index contributed by atoms with van der Waals surface area (Å²) in [4.78, 5) is 4.49. The highest BCUT2D eigenvalue weighted by molar-refractivity contribution is 5.87. The van der Waals surface area contributed by atoms with E-state index < -0.39 is 0 Å². The molecule has 20 heavy (non-hydrogen) atoms. The number of benzene rings is 1. The van der Waals surface area contributed by atoms with Gasteiger partial charge in [0.1, 0.15) is 5.82 Å². The lowest BCUT2D eigenvalue weighted by Crippen LogP contribution is -2.02. The maximum absolute atomic E-state index is 13.5. The van der Waals surface area contributed by atoms with Crippen molar-refractivity contribution in [3.63, 3.8) is 0 Å². The van der Waals surface area contributed by atoms with Crippen molar-refractivity contribution in [2.45, 2.75) is 20.3 Å². The molecule has 0 saturated heterocycles. The second kappa shape index (κ2) is 5.08. The van der Waals surface area contributed by atoms with Gasteiger partial charge in [0.05, 0.1) is 5.69 Å². The largest absolute Gasteiger partial charge is 0.384 e. The zero-order chi connectivity index (χ0) is 14.1. The van der Waals surface area contributed by atoms with E-state index in [0.717, 1.165) is 35.5 Å². The normalized spacial score (nSPS) is 14.6. The Labute approximate surface area is 118 Å². The third-order valence-electron chi connectivity index (χ3n) is 3.88. The van der Waals surface area contributed by atoms with E-state index in [2.05, 4.69) is 24.1 Å². The fourth-order valence-electron chi connectivity index (χ4n) is 2.63. The van der Waals surface area contributed by atoms with Crippen LogP contribution < -0.4 is 5.32 Å². The second-order valence-corrected chi connectivity index (χ2v) is 5.17. The molecule has 1 aliphatic heterocycles. The quantitative estimate of drug-likeness (QED) is 0.823. The van der Waals surface area contributed by atoms with E-state index in [9.17, 15) is 4.39 Å². The molecule has 0 radical (unpaired) electrons. The lowest BCUT2D eigenvalue weighted by atomic mass is 9.95. The van der Waals surface area contributed by atoms with Crippen molar-refractivity contribution in [3.8, 4) is 11.3 Å². The van der Waals surface area contributed by atoms with Crippen molar-refractivity contribution in [2.75, 3.05) is 11.9 Å². The second-order valence-electron chi connectivity index (χ2n) is 5.17. The van der Waals surface area contributed by atoms with Crippen LogP contribution in [0.3, 0.4) is 0 Å². The summed E-state index contributed by atoms with van der Waals surface area (Å²) in [5, 5.41) is 3.44. The third kappa shape index (κ3) is 2.20. The lowest BCUT2D eigenvalue weighted by Gasteiger charge is -2.14. The molecule has 0 aliphatic carbocycles. The zero-order valence-electron chi connectivity index (χ0n) is 11.7. The van der Waals surface area contributed by atoms with Crippen LogP contribution in [0.25, 0.3) is 16.8 Å². The Morgan fingerprint density at radius 3 is 2.85 bits per heavy atom. The topological polar surface area (TPSA) is 24.9 Å². The first-order valence-electron chi connectivity index (χ1n) is 6.82. The molecule has 1 aromatic carbocycles. The number of halogens is 1. The lowest BCUT2D eigenvalue weighted by molar-refractivity contribution is 0.628. The van der Waals surface area contributed by atoms with Gasteiger partial charge in [-0.1, -0.05) is 17.7 Å². The van der Waals surface area contributed by atoms with Crippen molar-refractivity contribution < 1.29 is 4.39 Å². The number of aromatic nitrogens is 1. The van der Waals surface area contributed by atoms with Gasteiger partial charge in [0, 0.05) is 29.6 Å². The predicted molar refractivity (Wildman–Crippen MR) is 81.0 cm³/mol. The summed E-state index contributed by atoms with van der Waals surface area (Å²) in [6, 6.07) is 8.61. The standard InChI is InChI=1S/C17H17FN2/c1-11-6-8-19-15-7-9-20-17(16(15)12(11)2)13-4-3-5-14(18)10-13/h3-5,7,9-10,19H,6,8H2,1-2H3. The highest BCUT2D eigenvalue weighted by Crippen LogP contribution is 2.36. The average Bonchev–Trinajstić information content (AvgIpc) is 2.59. The maximum atomic E-state index is 13.5. The zero-order valence-corrected chi connectivity index (χ0v) is 11.7. The van der Waals surface area contributed by atoms with Crippen LogP contribution in [-0.4, -0.2) is 11.5 Å². The molecule has 0 saturated carbocycles. The molecule has 2 heterocycles. The van der Waals surface area contributed by atoms with Crippen LogP contribution in [0.5, 0.6) is 0 Å². The fourth-order valence-corrected chi connectivity index (χ4v) is 2.63. The van der Waals surface area contributed by atoms with E-state index >= 15 is 0 Å². The molecular formula is C17H17FN2. The Kier molecular flexibility index (Phi) is 3.26. The number of hydrogen-bond donors (Lipinski definition) is 1. The molecule has 0 amide bonds. The predicted octanol–water partition coefficient (Wildman–Crippen LogP) is 4.50. The SMILES string of the molecule is CC1=C(C)c2c(ccnc2-c2cccc(F)c2)NCC1. The van der Waals surface area contributed by atoms with Crippen molar-refractivity contribution >= 4 is 11.3 Å². The first-order valence-corrected chi connectivity index (χ1v) is 6.82. The van der Waals surface area contributed by atoms with Crippen LogP contribution in [-0.2, 0) is 0 Å². The number of fused-ring (bicyclic) bond motifs is 1. The molecule has 1 N–H and O–H groups in total. The Morgan fingerprint density at radius 2 is 2.05 bits per heavy atom.